The largest absolute Gasteiger partial charge is 0.451 e. The Morgan fingerprint density at radius 3 is 2.90 bits per heavy atom. The molecule has 1 atom stereocenters. The summed E-state index contributed by atoms with van der Waals surface area (Å²) >= 11 is 4.27. The molecule has 0 radical (unpaired) electrons. The van der Waals surface area contributed by atoms with Crippen LogP contribution in [0.5, 0.6) is 0 Å². The van der Waals surface area contributed by atoms with Crippen LogP contribution in [0.1, 0.15) is 29.2 Å². The number of nitrogens with two attached hydrogens (primary N) is 1. The van der Waals surface area contributed by atoms with Gasteiger partial charge >= 0.3 is 5.97 Å². The Morgan fingerprint density at radius 2 is 2.10 bits per heavy atom. The fourth-order valence-electron chi connectivity index (χ4n) is 3.13. The first-order chi connectivity index (χ1) is 14.5. The summed E-state index contributed by atoms with van der Waals surface area (Å²) in [5.41, 5.74) is 7.46. The summed E-state index contributed by atoms with van der Waals surface area (Å²) in [5, 5.41) is 4.89. The van der Waals surface area contributed by atoms with Crippen LogP contribution in [0, 0.1) is 0 Å². The molecule has 0 amide bonds. The number of ether oxygens (including phenoxy) is 1. The average molecular weight is 455 g/mol. The Bertz CT molecular complexity index is 1450. The third-order valence-corrected chi connectivity index (χ3v) is 7.18. The lowest BCUT2D eigenvalue weighted by Crippen LogP contribution is -2.17. The predicted molar refractivity (Wildman–Crippen MR) is 121 cm³/mol. The van der Waals surface area contributed by atoms with Gasteiger partial charge in [0, 0.05) is 15.8 Å². The molecule has 0 aliphatic carbocycles. The number of anilines is 1. The van der Waals surface area contributed by atoms with Gasteiger partial charge in [-0.25, -0.2) is 14.8 Å². The molecule has 0 spiro atoms. The van der Waals surface area contributed by atoms with E-state index < -0.39 is 12.1 Å². The predicted octanol–water partition coefficient (Wildman–Crippen LogP) is 4.82. The van der Waals surface area contributed by atoms with Gasteiger partial charge in [0.1, 0.15) is 4.83 Å². The van der Waals surface area contributed by atoms with Gasteiger partial charge in [0.25, 0.3) is 5.56 Å². The minimum Gasteiger partial charge on any atom is -0.451 e. The number of thiophene rings is 2. The van der Waals surface area contributed by atoms with Crippen molar-refractivity contribution in [1.82, 2.24) is 15.0 Å². The summed E-state index contributed by atoms with van der Waals surface area (Å²) in [7, 11) is 0. The van der Waals surface area contributed by atoms with Gasteiger partial charge in [-0.2, -0.15) is 0 Å². The zero-order chi connectivity index (χ0) is 20.8. The number of hydrogen-bond acceptors (Lipinski definition) is 9. The number of carbonyl (C=O) groups excluding carboxylic acids is 1. The highest BCUT2D eigenvalue weighted by molar-refractivity contribution is 7.22. The molecule has 0 bridgehead atoms. The zero-order valence-corrected chi connectivity index (χ0v) is 18.0. The molecule has 150 valence electrons. The third kappa shape index (κ3) is 3.28. The van der Waals surface area contributed by atoms with Gasteiger partial charge in [-0.15, -0.1) is 22.7 Å². The molecule has 1 unspecified atom stereocenters. The fourth-order valence-corrected chi connectivity index (χ4v) is 5.67. The fraction of sp³-hybridized carbons (Fsp3) is 0.100. The second-order valence-electron chi connectivity index (χ2n) is 6.54. The van der Waals surface area contributed by atoms with E-state index in [1.807, 2.05) is 22.9 Å². The minimum atomic E-state index is -0.718. The molecule has 5 rings (SSSR count). The molecule has 0 aliphatic rings. The summed E-state index contributed by atoms with van der Waals surface area (Å²) in [4.78, 5) is 38.5. The van der Waals surface area contributed by atoms with E-state index in [0.29, 0.717) is 26.7 Å². The second kappa shape index (κ2) is 7.31. The standard InChI is InChI=1S/C20H14N4O3S3/c1-9(27-19(26)10-4-5-12-14(7-10)30-20(21)22-12)16-23-17(25)15-11(8-29-18(15)24-16)13-3-2-6-28-13/h2-9H,1H3,(H2,21,22)(H,23,24,25). The molecule has 5 aromatic rings. The molecule has 4 aromatic heterocycles. The van der Waals surface area contributed by atoms with E-state index in [9.17, 15) is 9.59 Å². The normalized spacial score (nSPS) is 12.4. The van der Waals surface area contributed by atoms with Crippen LogP contribution in [0.25, 0.3) is 30.9 Å². The lowest BCUT2D eigenvalue weighted by molar-refractivity contribution is 0.0320. The van der Waals surface area contributed by atoms with Crippen LogP contribution >= 0.6 is 34.0 Å². The van der Waals surface area contributed by atoms with Crippen molar-refractivity contribution in [3.8, 4) is 10.4 Å². The van der Waals surface area contributed by atoms with Gasteiger partial charge in [0.05, 0.1) is 21.2 Å². The number of carbonyl (C=O) groups is 1. The Kier molecular flexibility index (Phi) is 4.61. The van der Waals surface area contributed by atoms with Crippen molar-refractivity contribution >= 4 is 65.5 Å². The molecule has 0 saturated carbocycles. The monoisotopic (exact) mass is 454 g/mol. The van der Waals surface area contributed by atoms with E-state index in [1.165, 1.54) is 22.7 Å². The van der Waals surface area contributed by atoms with Crippen LogP contribution in [0.2, 0.25) is 0 Å². The number of aromatic nitrogens is 3. The Labute approximate surface area is 181 Å². The maximum absolute atomic E-state index is 12.7. The molecule has 0 fully saturated rings. The topological polar surface area (TPSA) is 111 Å². The molecule has 1 aromatic carbocycles. The summed E-state index contributed by atoms with van der Waals surface area (Å²) in [6, 6.07) is 8.98. The second-order valence-corrected chi connectivity index (χ2v) is 9.41. The first-order valence-corrected chi connectivity index (χ1v) is 11.5. The number of thiazole rings is 1. The number of nitrogen functional groups attached to an aromatic ring is 1. The zero-order valence-electron chi connectivity index (χ0n) is 15.5. The van der Waals surface area contributed by atoms with Crippen molar-refractivity contribution in [3.05, 3.63) is 62.8 Å². The Balaban J connectivity index is 1.43. The number of nitrogens with zero attached hydrogens (tertiary/aromatic N) is 2. The quantitative estimate of drug-likeness (QED) is 0.377. The van der Waals surface area contributed by atoms with Gasteiger partial charge in [0.2, 0.25) is 0 Å². The van der Waals surface area contributed by atoms with E-state index in [4.69, 9.17) is 10.5 Å². The van der Waals surface area contributed by atoms with Gasteiger partial charge in [-0.05, 0) is 36.6 Å². The number of aromatic amines is 1. The van der Waals surface area contributed by atoms with Crippen molar-refractivity contribution < 1.29 is 9.53 Å². The smallest absolute Gasteiger partial charge is 0.338 e. The highest BCUT2D eigenvalue weighted by Gasteiger charge is 2.20. The van der Waals surface area contributed by atoms with Gasteiger partial charge < -0.3 is 15.5 Å². The van der Waals surface area contributed by atoms with Crippen molar-refractivity contribution in [2.75, 3.05) is 5.73 Å². The molecule has 4 heterocycles. The van der Waals surface area contributed by atoms with Gasteiger partial charge in [0.15, 0.2) is 17.1 Å². The maximum Gasteiger partial charge on any atom is 0.338 e. The Morgan fingerprint density at radius 1 is 1.23 bits per heavy atom. The van der Waals surface area contributed by atoms with E-state index in [0.717, 1.165) is 20.7 Å². The number of benzene rings is 1. The van der Waals surface area contributed by atoms with Crippen molar-refractivity contribution in [3.63, 3.8) is 0 Å². The minimum absolute atomic E-state index is 0.246. The van der Waals surface area contributed by atoms with Crippen LogP contribution in [0.3, 0.4) is 0 Å². The van der Waals surface area contributed by atoms with Crippen LogP contribution in [-0.2, 0) is 4.74 Å². The maximum atomic E-state index is 12.7. The lowest BCUT2D eigenvalue weighted by atomic mass is 10.2. The van der Waals surface area contributed by atoms with Gasteiger partial charge in [-0.3, -0.25) is 4.79 Å². The highest BCUT2D eigenvalue weighted by atomic mass is 32.1. The molecular formula is C20H14N4O3S3. The summed E-state index contributed by atoms with van der Waals surface area (Å²) in [5.74, 6) is -0.201. The van der Waals surface area contributed by atoms with Crippen LogP contribution in [0.4, 0.5) is 5.13 Å². The van der Waals surface area contributed by atoms with Crippen molar-refractivity contribution in [2.24, 2.45) is 0 Å². The molecule has 0 saturated heterocycles. The molecular weight excluding hydrogens is 440 g/mol. The van der Waals surface area contributed by atoms with Crippen LogP contribution in [0.15, 0.2) is 45.9 Å². The van der Waals surface area contributed by atoms with Crippen LogP contribution in [-0.4, -0.2) is 20.9 Å². The molecule has 10 heteroatoms. The number of esters is 1. The van der Waals surface area contributed by atoms with E-state index in [-0.39, 0.29) is 5.56 Å². The van der Waals surface area contributed by atoms with Crippen molar-refractivity contribution in [2.45, 2.75) is 13.0 Å². The summed E-state index contributed by atoms with van der Waals surface area (Å²) in [6.07, 6.45) is -0.718. The van der Waals surface area contributed by atoms with E-state index in [2.05, 4.69) is 15.0 Å². The highest BCUT2D eigenvalue weighted by Crippen LogP contribution is 2.34. The van der Waals surface area contributed by atoms with E-state index in [1.54, 1.807) is 36.5 Å². The number of hydrogen-bond donors (Lipinski definition) is 2. The van der Waals surface area contributed by atoms with E-state index >= 15 is 0 Å². The van der Waals surface area contributed by atoms with Gasteiger partial charge in [-0.1, -0.05) is 17.4 Å². The lowest BCUT2D eigenvalue weighted by Gasteiger charge is -2.12. The number of H-pyrrole nitrogens is 1. The summed E-state index contributed by atoms with van der Waals surface area (Å²) in [6.45, 7) is 1.68. The first-order valence-electron chi connectivity index (χ1n) is 8.92. The van der Waals surface area contributed by atoms with Crippen LogP contribution < -0.4 is 11.3 Å². The van der Waals surface area contributed by atoms with Crippen molar-refractivity contribution in [1.29, 1.82) is 0 Å². The molecule has 0 aliphatic heterocycles. The first kappa shape index (κ1) is 18.9. The number of nitrogens with one attached hydrogen (secondary N) is 1. The molecule has 30 heavy (non-hydrogen) atoms. The third-order valence-electron chi connectivity index (χ3n) is 4.56. The number of rotatable bonds is 4. The molecule has 7 nitrogen and oxygen atoms in total. The molecule has 3 N–H and O–H groups in total. The SMILES string of the molecule is CC(OC(=O)c1ccc2nc(N)sc2c1)c1nc2scc(-c3cccs3)c2c(=O)[nH]1. The Hall–Kier alpha value is -3.08. The average Bonchev–Trinajstić information content (AvgIpc) is 3.45. The summed E-state index contributed by atoms with van der Waals surface area (Å²) < 4.78 is 6.36. The number of fused-ring (bicyclic) bond motifs is 2.